The third-order valence-corrected chi connectivity index (χ3v) is 5.80. The fourth-order valence-corrected chi connectivity index (χ4v) is 4.62. The summed E-state index contributed by atoms with van der Waals surface area (Å²) >= 11 is 0. The topological polar surface area (TPSA) is 89.3 Å². The highest BCUT2D eigenvalue weighted by Gasteiger charge is 2.41. The van der Waals surface area contributed by atoms with Crippen LogP contribution in [0.15, 0.2) is 54.6 Å². The summed E-state index contributed by atoms with van der Waals surface area (Å²) in [6.45, 7) is 0. The summed E-state index contributed by atoms with van der Waals surface area (Å²) < 4.78 is 28.0. The van der Waals surface area contributed by atoms with Crippen LogP contribution < -0.4 is 4.72 Å². The van der Waals surface area contributed by atoms with Crippen LogP contribution in [0.25, 0.3) is 0 Å². The normalized spacial score (nSPS) is 16.3. The summed E-state index contributed by atoms with van der Waals surface area (Å²) in [7, 11) is -3.55. The molecule has 1 fully saturated rings. The van der Waals surface area contributed by atoms with Gasteiger partial charge in [0.25, 0.3) is 5.69 Å². The quantitative estimate of drug-likeness (QED) is 0.643. The maximum absolute atomic E-state index is 12.6. The van der Waals surface area contributed by atoms with Crippen LogP contribution in [0.5, 0.6) is 0 Å². The molecule has 0 spiro atoms. The van der Waals surface area contributed by atoms with E-state index in [1.807, 2.05) is 30.3 Å². The number of sulfonamides is 1. The van der Waals surface area contributed by atoms with Crippen molar-refractivity contribution in [2.75, 3.05) is 0 Å². The lowest BCUT2D eigenvalue weighted by molar-refractivity contribution is -0.384. The number of benzene rings is 2. The van der Waals surface area contributed by atoms with Gasteiger partial charge < -0.3 is 0 Å². The molecule has 0 aliphatic heterocycles. The predicted molar refractivity (Wildman–Crippen MR) is 90.8 cm³/mol. The first-order valence-corrected chi connectivity index (χ1v) is 9.36. The van der Waals surface area contributed by atoms with Gasteiger partial charge in [-0.1, -0.05) is 42.5 Å². The van der Waals surface area contributed by atoms with Crippen LogP contribution in [-0.2, 0) is 21.3 Å². The maximum Gasteiger partial charge on any atom is 0.269 e. The molecule has 1 aliphatic rings. The van der Waals surface area contributed by atoms with E-state index < -0.39 is 20.5 Å². The Kier molecular flexibility index (Phi) is 4.38. The lowest BCUT2D eigenvalue weighted by Crippen LogP contribution is -2.50. The monoisotopic (exact) mass is 346 g/mol. The molecule has 1 N–H and O–H groups in total. The van der Waals surface area contributed by atoms with Crippen molar-refractivity contribution in [2.24, 2.45) is 0 Å². The van der Waals surface area contributed by atoms with E-state index in [0.29, 0.717) is 5.56 Å². The van der Waals surface area contributed by atoms with Gasteiger partial charge in [-0.25, -0.2) is 13.1 Å². The molecule has 0 atom stereocenters. The Balaban J connectivity index is 1.77. The molecule has 0 bridgehead atoms. The molecule has 2 aromatic carbocycles. The molecule has 3 rings (SSSR count). The van der Waals surface area contributed by atoms with E-state index in [2.05, 4.69) is 4.72 Å². The van der Waals surface area contributed by atoms with Crippen LogP contribution >= 0.6 is 0 Å². The van der Waals surface area contributed by atoms with Crippen LogP contribution in [-0.4, -0.2) is 13.3 Å². The van der Waals surface area contributed by atoms with E-state index in [9.17, 15) is 18.5 Å². The first-order valence-electron chi connectivity index (χ1n) is 7.71. The van der Waals surface area contributed by atoms with Crippen molar-refractivity contribution in [1.29, 1.82) is 0 Å². The van der Waals surface area contributed by atoms with Crippen LogP contribution in [0.4, 0.5) is 5.69 Å². The summed E-state index contributed by atoms with van der Waals surface area (Å²) in [6, 6.07) is 15.2. The number of nitro benzene ring substituents is 1. The molecule has 0 radical (unpaired) electrons. The molecule has 1 aliphatic carbocycles. The zero-order chi connectivity index (χ0) is 17.2. The van der Waals surface area contributed by atoms with Crippen LogP contribution in [0.1, 0.15) is 30.4 Å². The summed E-state index contributed by atoms with van der Waals surface area (Å²) in [6.07, 6.45) is 2.53. The van der Waals surface area contributed by atoms with E-state index >= 15 is 0 Å². The number of hydrogen-bond donors (Lipinski definition) is 1. The molecular weight excluding hydrogens is 328 g/mol. The van der Waals surface area contributed by atoms with Gasteiger partial charge in [0, 0.05) is 12.1 Å². The number of rotatable bonds is 6. The van der Waals surface area contributed by atoms with E-state index in [0.717, 1.165) is 24.8 Å². The highest BCUT2D eigenvalue weighted by molar-refractivity contribution is 7.88. The van der Waals surface area contributed by atoms with Crippen LogP contribution in [0, 0.1) is 10.1 Å². The highest BCUT2D eigenvalue weighted by atomic mass is 32.2. The van der Waals surface area contributed by atoms with Crippen LogP contribution in [0.3, 0.4) is 0 Å². The molecule has 6 nitrogen and oxygen atoms in total. The lowest BCUT2D eigenvalue weighted by atomic mass is 9.73. The Morgan fingerprint density at radius 2 is 1.67 bits per heavy atom. The van der Waals surface area contributed by atoms with E-state index in [-0.39, 0.29) is 11.4 Å². The lowest BCUT2D eigenvalue weighted by Gasteiger charge is -2.42. The van der Waals surface area contributed by atoms with Crippen molar-refractivity contribution in [3.63, 3.8) is 0 Å². The average Bonchev–Trinajstić information content (AvgIpc) is 2.52. The third-order valence-electron chi connectivity index (χ3n) is 4.39. The Labute approximate surface area is 140 Å². The molecule has 0 aromatic heterocycles. The van der Waals surface area contributed by atoms with Gasteiger partial charge in [0.15, 0.2) is 0 Å². The molecule has 0 unspecified atom stereocenters. The molecule has 0 amide bonds. The summed E-state index contributed by atoms with van der Waals surface area (Å²) in [5.41, 5.74) is 0.920. The van der Waals surface area contributed by atoms with Gasteiger partial charge in [-0.05, 0) is 30.4 Å². The van der Waals surface area contributed by atoms with Gasteiger partial charge in [-0.2, -0.15) is 0 Å². The van der Waals surface area contributed by atoms with Gasteiger partial charge >= 0.3 is 0 Å². The number of hydrogen-bond acceptors (Lipinski definition) is 4. The molecule has 0 heterocycles. The van der Waals surface area contributed by atoms with Gasteiger partial charge in [0.2, 0.25) is 10.0 Å². The minimum Gasteiger partial charge on any atom is -0.258 e. The minimum atomic E-state index is -3.55. The first kappa shape index (κ1) is 16.6. The van der Waals surface area contributed by atoms with Crippen molar-refractivity contribution in [2.45, 2.75) is 30.6 Å². The molecular formula is C17H18N2O4S. The SMILES string of the molecule is O=[N+]([O-])c1ccc(CS(=O)(=O)NC2(c3ccccc3)CCC2)cc1. The fourth-order valence-electron chi connectivity index (χ4n) is 3.00. The average molecular weight is 346 g/mol. The fraction of sp³-hybridized carbons (Fsp3) is 0.294. The van der Waals surface area contributed by atoms with E-state index in [4.69, 9.17) is 0 Å². The zero-order valence-electron chi connectivity index (χ0n) is 13.0. The first-order chi connectivity index (χ1) is 11.4. The van der Waals surface area contributed by atoms with Gasteiger partial charge in [-0.15, -0.1) is 0 Å². The van der Waals surface area contributed by atoms with Crippen molar-refractivity contribution in [1.82, 2.24) is 4.72 Å². The summed E-state index contributed by atoms with van der Waals surface area (Å²) in [5, 5.41) is 10.7. The standard InChI is InChI=1S/C17H18N2O4S/c20-19(21)16-9-7-14(8-10-16)13-24(22,23)18-17(11-4-12-17)15-5-2-1-3-6-15/h1-3,5-10,18H,4,11-13H2. The highest BCUT2D eigenvalue weighted by Crippen LogP contribution is 2.41. The number of nitro groups is 1. The molecule has 0 saturated heterocycles. The molecule has 126 valence electrons. The van der Waals surface area contributed by atoms with Crippen molar-refractivity contribution >= 4 is 15.7 Å². The van der Waals surface area contributed by atoms with E-state index in [1.54, 1.807) is 0 Å². The number of nitrogens with one attached hydrogen (secondary N) is 1. The van der Waals surface area contributed by atoms with Gasteiger partial charge in [0.1, 0.15) is 0 Å². The number of non-ortho nitro benzene ring substituents is 1. The van der Waals surface area contributed by atoms with Gasteiger partial charge in [-0.3, -0.25) is 10.1 Å². The third kappa shape index (κ3) is 3.47. The summed E-state index contributed by atoms with van der Waals surface area (Å²) in [5.74, 6) is -0.195. The molecule has 1 saturated carbocycles. The van der Waals surface area contributed by atoms with Crippen molar-refractivity contribution in [3.8, 4) is 0 Å². The Bertz CT molecular complexity index is 829. The second kappa shape index (κ2) is 6.33. The maximum atomic E-state index is 12.6. The van der Waals surface area contributed by atoms with Crippen LogP contribution in [0.2, 0.25) is 0 Å². The molecule has 24 heavy (non-hydrogen) atoms. The van der Waals surface area contributed by atoms with Gasteiger partial charge in [0.05, 0.1) is 16.2 Å². The Morgan fingerprint density at radius 3 is 2.17 bits per heavy atom. The second-order valence-electron chi connectivity index (χ2n) is 6.09. The van der Waals surface area contributed by atoms with Crippen molar-refractivity contribution < 1.29 is 13.3 Å². The second-order valence-corrected chi connectivity index (χ2v) is 7.81. The minimum absolute atomic E-state index is 0.0520. The van der Waals surface area contributed by atoms with Crippen molar-refractivity contribution in [3.05, 3.63) is 75.8 Å². The molecule has 2 aromatic rings. The summed E-state index contributed by atoms with van der Waals surface area (Å²) in [4.78, 5) is 10.2. The Morgan fingerprint density at radius 1 is 1.04 bits per heavy atom. The number of nitrogens with zero attached hydrogens (tertiary/aromatic N) is 1. The smallest absolute Gasteiger partial charge is 0.258 e. The zero-order valence-corrected chi connectivity index (χ0v) is 13.8. The van der Waals surface area contributed by atoms with E-state index in [1.165, 1.54) is 24.3 Å². The molecule has 7 heteroatoms. The largest absolute Gasteiger partial charge is 0.269 e. The Hall–Kier alpha value is -2.25. The predicted octanol–water partition coefficient (Wildman–Crippen LogP) is 3.09.